The second-order valence-electron chi connectivity index (χ2n) is 5.98. The van der Waals surface area contributed by atoms with Crippen LogP contribution in [0.4, 0.5) is 0 Å². The molecule has 0 aromatic rings. The van der Waals surface area contributed by atoms with Crippen LogP contribution in [0, 0.1) is 11.8 Å². The van der Waals surface area contributed by atoms with Gasteiger partial charge in [-0.2, -0.15) is 0 Å². The number of aliphatic hydroxyl groups excluding tert-OH is 3. The monoisotopic (exact) mass is 259 g/mol. The van der Waals surface area contributed by atoms with Crippen molar-refractivity contribution in [3.05, 3.63) is 0 Å². The van der Waals surface area contributed by atoms with Crippen molar-refractivity contribution in [3.63, 3.8) is 0 Å². The largest absolute Gasteiger partial charge is 0.396 e. The molecule has 1 saturated carbocycles. The third-order valence-electron chi connectivity index (χ3n) is 4.12. The van der Waals surface area contributed by atoms with E-state index in [9.17, 15) is 10.2 Å². The molecule has 0 unspecified atom stereocenters. The van der Waals surface area contributed by atoms with Gasteiger partial charge in [-0.3, -0.25) is 0 Å². The van der Waals surface area contributed by atoms with Crippen LogP contribution in [0.25, 0.3) is 0 Å². The standard InChI is InChI=1S/C14H29NO3/c1-10(9-16)7-13(17)14(18)12(15)8-11-5-3-2-4-6-11/h10-14,16-18H,2-9,15H2,1H3/t10-,12-,13-,14+/m0/s1. The first-order valence-electron chi connectivity index (χ1n) is 7.27. The van der Waals surface area contributed by atoms with Gasteiger partial charge < -0.3 is 21.1 Å². The Bertz CT molecular complexity index is 219. The van der Waals surface area contributed by atoms with Gasteiger partial charge in [0.15, 0.2) is 0 Å². The Balaban J connectivity index is 2.32. The van der Waals surface area contributed by atoms with Crippen LogP contribution in [0.15, 0.2) is 0 Å². The summed E-state index contributed by atoms with van der Waals surface area (Å²) in [6, 6.07) is -0.353. The van der Waals surface area contributed by atoms with Gasteiger partial charge >= 0.3 is 0 Å². The topological polar surface area (TPSA) is 86.7 Å². The molecule has 0 saturated heterocycles. The highest BCUT2D eigenvalue weighted by atomic mass is 16.3. The van der Waals surface area contributed by atoms with Crippen LogP contribution in [0.1, 0.15) is 51.9 Å². The highest BCUT2D eigenvalue weighted by molar-refractivity contribution is 4.82. The first-order valence-corrected chi connectivity index (χ1v) is 7.27. The lowest BCUT2D eigenvalue weighted by Crippen LogP contribution is -2.45. The molecule has 0 aliphatic heterocycles. The number of aliphatic hydroxyl groups is 3. The molecule has 1 rings (SSSR count). The van der Waals surface area contributed by atoms with Gasteiger partial charge in [0, 0.05) is 12.6 Å². The van der Waals surface area contributed by atoms with Crippen LogP contribution in [-0.4, -0.2) is 40.2 Å². The Labute approximate surface area is 110 Å². The Morgan fingerprint density at radius 3 is 2.33 bits per heavy atom. The number of nitrogens with two attached hydrogens (primary N) is 1. The van der Waals surface area contributed by atoms with Crippen LogP contribution >= 0.6 is 0 Å². The maximum atomic E-state index is 10.0. The SMILES string of the molecule is C[C@H](CO)C[C@H](O)[C@H](O)[C@@H](N)CC1CCCCC1. The maximum Gasteiger partial charge on any atom is 0.0949 e. The lowest BCUT2D eigenvalue weighted by Gasteiger charge is -2.29. The van der Waals surface area contributed by atoms with Gasteiger partial charge in [-0.05, 0) is 24.7 Å². The minimum absolute atomic E-state index is 0.00321. The second-order valence-corrected chi connectivity index (χ2v) is 5.98. The van der Waals surface area contributed by atoms with Crippen LogP contribution in [-0.2, 0) is 0 Å². The van der Waals surface area contributed by atoms with Gasteiger partial charge in [-0.25, -0.2) is 0 Å². The molecule has 0 bridgehead atoms. The highest BCUT2D eigenvalue weighted by Gasteiger charge is 2.27. The van der Waals surface area contributed by atoms with E-state index < -0.39 is 12.2 Å². The molecule has 5 N–H and O–H groups in total. The fourth-order valence-corrected chi connectivity index (χ4v) is 2.86. The fraction of sp³-hybridized carbons (Fsp3) is 1.00. The predicted octanol–water partition coefficient (Wildman–Crippen LogP) is 1.02. The van der Waals surface area contributed by atoms with Crippen molar-refractivity contribution >= 4 is 0 Å². The molecule has 1 fully saturated rings. The first-order chi connectivity index (χ1) is 8.54. The second kappa shape index (κ2) is 8.10. The predicted molar refractivity (Wildman–Crippen MR) is 72.0 cm³/mol. The summed E-state index contributed by atoms with van der Waals surface area (Å²) in [7, 11) is 0. The van der Waals surface area contributed by atoms with E-state index in [1.807, 2.05) is 6.92 Å². The molecular formula is C14H29NO3. The Morgan fingerprint density at radius 2 is 1.78 bits per heavy atom. The van der Waals surface area contributed by atoms with Crippen molar-refractivity contribution in [2.24, 2.45) is 17.6 Å². The van der Waals surface area contributed by atoms with Crippen LogP contribution in [0.2, 0.25) is 0 Å². The lowest BCUT2D eigenvalue weighted by atomic mass is 9.83. The van der Waals surface area contributed by atoms with Crippen molar-refractivity contribution in [2.45, 2.75) is 70.1 Å². The van der Waals surface area contributed by atoms with Crippen molar-refractivity contribution in [1.82, 2.24) is 0 Å². The molecule has 1 aliphatic carbocycles. The molecule has 108 valence electrons. The maximum absolute atomic E-state index is 10.0. The fourth-order valence-electron chi connectivity index (χ4n) is 2.86. The molecule has 0 radical (unpaired) electrons. The Morgan fingerprint density at radius 1 is 1.17 bits per heavy atom. The summed E-state index contributed by atoms with van der Waals surface area (Å²) in [4.78, 5) is 0. The van der Waals surface area contributed by atoms with E-state index >= 15 is 0 Å². The molecule has 0 amide bonds. The van der Waals surface area contributed by atoms with Gasteiger partial charge in [-0.15, -0.1) is 0 Å². The third kappa shape index (κ3) is 5.22. The molecule has 4 nitrogen and oxygen atoms in total. The van der Waals surface area contributed by atoms with Gasteiger partial charge in [-0.1, -0.05) is 39.0 Å². The molecule has 18 heavy (non-hydrogen) atoms. The lowest BCUT2D eigenvalue weighted by molar-refractivity contribution is -0.0166. The molecule has 1 aliphatic rings. The smallest absolute Gasteiger partial charge is 0.0949 e. The summed E-state index contributed by atoms with van der Waals surface area (Å²) >= 11 is 0. The van der Waals surface area contributed by atoms with Crippen LogP contribution in [0.5, 0.6) is 0 Å². The van der Waals surface area contributed by atoms with Crippen molar-refractivity contribution in [1.29, 1.82) is 0 Å². The molecule has 0 aromatic carbocycles. The minimum Gasteiger partial charge on any atom is -0.396 e. The van der Waals surface area contributed by atoms with E-state index in [1.54, 1.807) is 0 Å². The quantitative estimate of drug-likeness (QED) is 0.550. The van der Waals surface area contributed by atoms with E-state index in [2.05, 4.69) is 0 Å². The zero-order chi connectivity index (χ0) is 13.5. The highest BCUT2D eigenvalue weighted by Crippen LogP contribution is 2.28. The number of hydrogen-bond donors (Lipinski definition) is 4. The van der Waals surface area contributed by atoms with Crippen molar-refractivity contribution < 1.29 is 15.3 Å². The van der Waals surface area contributed by atoms with Gasteiger partial charge in [0.2, 0.25) is 0 Å². The summed E-state index contributed by atoms with van der Waals surface area (Å²) in [5.41, 5.74) is 5.99. The molecule has 0 aromatic heterocycles. The van der Waals surface area contributed by atoms with E-state index in [0.717, 1.165) is 6.42 Å². The van der Waals surface area contributed by atoms with Gasteiger partial charge in [0.1, 0.15) is 0 Å². The molecular weight excluding hydrogens is 230 g/mol. The van der Waals surface area contributed by atoms with Gasteiger partial charge in [0.25, 0.3) is 0 Å². The van der Waals surface area contributed by atoms with E-state index in [-0.39, 0.29) is 18.6 Å². The van der Waals surface area contributed by atoms with Crippen molar-refractivity contribution in [3.8, 4) is 0 Å². The molecule has 0 spiro atoms. The van der Waals surface area contributed by atoms with Crippen LogP contribution < -0.4 is 5.73 Å². The van der Waals surface area contributed by atoms with E-state index in [0.29, 0.717) is 12.3 Å². The Kier molecular flexibility index (Phi) is 7.15. The normalized spacial score (nSPS) is 24.5. The van der Waals surface area contributed by atoms with E-state index in [1.165, 1.54) is 32.1 Å². The summed E-state index contributed by atoms with van der Waals surface area (Å²) in [6.45, 7) is 1.88. The summed E-state index contributed by atoms with van der Waals surface area (Å²) in [6.07, 6.45) is 5.72. The molecule has 4 heteroatoms. The van der Waals surface area contributed by atoms with Crippen molar-refractivity contribution in [2.75, 3.05) is 6.61 Å². The zero-order valence-electron chi connectivity index (χ0n) is 11.5. The Hall–Kier alpha value is -0.160. The minimum atomic E-state index is -0.874. The van der Waals surface area contributed by atoms with Gasteiger partial charge in [0.05, 0.1) is 12.2 Å². The summed E-state index contributed by atoms with van der Waals surface area (Å²) in [5.74, 6) is 0.599. The summed E-state index contributed by atoms with van der Waals surface area (Å²) in [5, 5.41) is 28.8. The zero-order valence-corrected chi connectivity index (χ0v) is 11.5. The number of hydrogen-bond acceptors (Lipinski definition) is 4. The average Bonchev–Trinajstić information content (AvgIpc) is 2.38. The first kappa shape index (κ1) is 15.9. The molecule has 4 atom stereocenters. The number of rotatable bonds is 7. The molecule has 0 heterocycles. The van der Waals surface area contributed by atoms with E-state index in [4.69, 9.17) is 10.8 Å². The third-order valence-corrected chi connectivity index (χ3v) is 4.12. The average molecular weight is 259 g/mol. The summed E-state index contributed by atoms with van der Waals surface area (Å²) < 4.78 is 0. The van der Waals surface area contributed by atoms with Crippen LogP contribution in [0.3, 0.4) is 0 Å².